The SMILES string of the molecule is CC.CC.CCN1c2ccccc2CCC1C. The summed E-state index contributed by atoms with van der Waals surface area (Å²) in [4.78, 5) is 2.50. The van der Waals surface area contributed by atoms with Crippen LogP contribution in [0.25, 0.3) is 0 Å². The first kappa shape index (κ1) is 16.0. The Labute approximate surface area is 108 Å². The zero-order valence-electron chi connectivity index (χ0n) is 12.5. The van der Waals surface area contributed by atoms with E-state index in [2.05, 4.69) is 43.0 Å². The fourth-order valence-electron chi connectivity index (χ4n) is 2.24. The van der Waals surface area contributed by atoms with Crippen LogP contribution >= 0.6 is 0 Å². The Bertz CT molecular complexity index is 293. The molecule has 0 saturated heterocycles. The van der Waals surface area contributed by atoms with Gasteiger partial charge in [0.2, 0.25) is 0 Å². The average Bonchev–Trinajstić information content (AvgIpc) is 2.43. The Morgan fingerprint density at radius 1 is 1.12 bits per heavy atom. The Balaban J connectivity index is 0.000000581. The molecule has 1 aromatic rings. The van der Waals surface area contributed by atoms with Crippen molar-refractivity contribution in [1.29, 1.82) is 0 Å². The van der Waals surface area contributed by atoms with Crippen LogP contribution in [0, 0.1) is 0 Å². The molecular weight excluding hydrogens is 206 g/mol. The first-order valence-electron chi connectivity index (χ1n) is 7.17. The summed E-state index contributed by atoms with van der Waals surface area (Å²) in [6, 6.07) is 9.49. The van der Waals surface area contributed by atoms with Crippen molar-refractivity contribution in [3.8, 4) is 0 Å². The molecule has 2 rings (SSSR count). The molecule has 0 spiro atoms. The highest BCUT2D eigenvalue weighted by Gasteiger charge is 2.20. The fourth-order valence-corrected chi connectivity index (χ4v) is 2.24. The van der Waals surface area contributed by atoms with E-state index in [1.807, 2.05) is 27.7 Å². The molecule has 1 heteroatoms. The molecule has 1 aliphatic rings. The minimum atomic E-state index is 0.708. The highest BCUT2D eigenvalue weighted by molar-refractivity contribution is 5.56. The zero-order valence-corrected chi connectivity index (χ0v) is 12.5. The second kappa shape index (κ2) is 9.09. The van der Waals surface area contributed by atoms with E-state index in [1.165, 1.54) is 24.1 Å². The number of fused-ring (bicyclic) bond motifs is 1. The molecule has 0 saturated carbocycles. The summed E-state index contributed by atoms with van der Waals surface area (Å²) in [5.41, 5.74) is 2.96. The van der Waals surface area contributed by atoms with Gasteiger partial charge >= 0.3 is 0 Å². The Kier molecular flexibility index (Phi) is 8.57. The number of aryl methyl sites for hydroxylation is 1. The third kappa shape index (κ3) is 4.07. The van der Waals surface area contributed by atoms with Gasteiger partial charge in [-0.25, -0.2) is 0 Å². The van der Waals surface area contributed by atoms with Crippen LogP contribution in [0.1, 0.15) is 53.5 Å². The van der Waals surface area contributed by atoms with E-state index in [4.69, 9.17) is 0 Å². The molecular formula is C16H29N. The predicted octanol–water partition coefficient (Wildman–Crippen LogP) is 4.90. The highest BCUT2D eigenvalue weighted by Crippen LogP contribution is 2.29. The molecule has 0 fully saturated rings. The molecule has 1 atom stereocenters. The standard InChI is InChI=1S/C12H17N.2C2H6/c1-3-13-10(2)8-9-11-6-4-5-7-12(11)13;2*1-2/h4-7,10H,3,8-9H2,1-2H3;2*1-2H3. The quantitative estimate of drug-likeness (QED) is 0.669. The first-order valence-corrected chi connectivity index (χ1v) is 7.17. The molecule has 1 heterocycles. The van der Waals surface area contributed by atoms with Crippen molar-refractivity contribution in [2.75, 3.05) is 11.4 Å². The lowest BCUT2D eigenvalue weighted by molar-refractivity contribution is 0.572. The van der Waals surface area contributed by atoms with E-state index >= 15 is 0 Å². The minimum Gasteiger partial charge on any atom is -0.369 e. The monoisotopic (exact) mass is 235 g/mol. The van der Waals surface area contributed by atoms with Gasteiger partial charge in [0.15, 0.2) is 0 Å². The van der Waals surface area contributed by atoms with Gasteiger partial charge in [-0.15, -0.1) is 0 Å². The van der Waals surface area contributed by atoms with Crippen molar-refractivity contribution < 1.29 is 0 Å². The molecule has 17 heavy (non-hydrogen) atoms. The normalized spacial score (nSPS) is 17.1. The maximum atomic E-state index is 2.50. The van der Waals surface area contributed by atoms with Gasteiger partial charge in [0.1, 0.15) is 0 Å². The van der Waals surface area contributed by atoms with Crippen LogP contribution in [0.3, 0.4) is 0 Å². The summed E-state index contributed by atoms with van der Waals surface area (Å²) in [5, 5.41) is 0. The fraction of sp³-hybridized carbons (Fsp3) is 0.625. The second-order valence-electron chi connectivity index (χ2n) is 3.80. The van der Waals surface area contributed by atoms with Gasteiger partial charge in [-0.2, -0.15) is 0 Å². The van der Waals surface area contributed by atoms with E-state index < -0.39 is 0 Å². The molecule has 0 N–H and O–H groups in total. The van der Waals surface area contributed by atoms with Gasteiger partial charge in [-0.1, -0.05) is 45.9 Å². The van der Waals surface area contributed by atoms with E-state index in [0.717, 1.165) is 6.54 Å². The molecule has 0 aliphatic carbocycles. The van der Waals surface area contributed by atoms with Gasteiger partial charge in [0.05, 0.1) is 0 Å². The van der Waals surface area contributed by atoms with Crippen molar-refractivity contribution in [3.05, 3.63) is 29.8 Å². The Morgan fingerprint density at radius 2 is 1.71 bits per heavy atom. The number of rotatable bonds is 1. The molecule has 0 amide bonds. The number of hydrogen-bond acceptors (Lipinski definition) is 1. The molecule has 0 aromatic heterocycles. The van der Waals surface area contributed by atoms with Crippen molar-refractivity contribution in [2.24, 2.45) is 0 Å². The predicted molar refractivity (Wildman–Crippen MR) is 79.9 cm³/mol. The maximum Gasteiger partial charge on any atom is 0.0401 e. The van der Waals surface area contributed by atoms with E-state index in [-0.39, 0.29) is 0 Å². The summed E-state index contributed by atoms with van der Waals surface area (Å²) in [7, 11) is 0. The van der Waals surface area contributed by atoms with Crippen molar-refractivity contribution in [3.63, 3.8) is 0 Å². The van der Waals surface area contributed by atoms with E-state index in [0.29, 0.717) is 6.04 Å². The van der Waals surface area contributed by atoms with Crippen LogP contribution in [-0.4, -0.2) is 12.6 Å². The third-order valence-corrected chi connectivity index (χ3v) is 3.01. The largest absolute Gasteiger partial charge is 0.369 e. The lowest BCUT2D eigenvalue weighted by Gasteiger charge is -2.36. The molecule has 1 unspecified atom stereocenters. The summed E-state index contributed by atoms with van der Waals surface area (Å²) in [6.07, 6.45) is 2.54. The Hall–Kier alpha value is -0.980. The van der Waals surface area contributed by atoms with Gasteiger partial charge in [-0.3, -0.25) is 0 Å². The first-order chi connectivity index (χ1) is 8.33. The maximum absolute atomic E-state index is 2.50. The number of nitrogens with zero attached hydrogens (tertiary/aromatic N) is 1. The van der Waals surface area contributed by atoms with Gasteiger partial charge in [0.25, 0.3) is 0 Å². The number of anilines is 1. The van der Waals surface area contributed by atoms with Gasteiger partial charge in [-0.05, 0) is 38.3 Å². The summed E-state index contributed by atoms with van der Waals surface area (Å²) in [6.45, 7) is 13.7. The molecule has 0 radical (unpaired) electrons. The van der Waals surface area contributed by atoms with Crippen molar-refractivity contribution in [1.82, 2.24) is 0 Å². The van der Waals surface area contributed by atoms with Crippen molar-refractivity contribution >= 4 is 5.69 Å². The van der Waals surface area contributed by atoms with E-state index in [1.54, 1.807) is 0 Å². The summed E-state index contributed by atoms with van der Waals surface area (Å²) in [5.74, 6) is 0. The molecule has 98 valence electrons. The van der Waals surface area contributed by atoms with Crippen LogP contribution in [-0.2, 0) is 6.42 Å². The van der Waals surface area contributed by atoms with Crippen LogP contribution < -0.4 is 4.90 Å². The number of para-hydroxylation sites is 1. The molecule has 1 aromatic carbocycles. The Morgan fingerprint density at radius 3 is 2.29 bits per heavy atom. The van der Waals surface area contributed by atoms with Gasteiger partial charge in [0, 0.05) is 18.3 Å². The average molecular weight is 235 g/mol. The highest BCUT2D eigenvalue weighted by atomic mass is 15.2. The van der Waals surface area contributed by atoms with Crippen LogP contribution in [0.2, 0.25) is 0 Å². The summed E-state index contributed by atoms with van der Waals surface area (Å²) < 4.78 is 0. The smallest absolute Gasteiger partial charge is 0.0401 e. The lowest BCUT2D eigenvalue weighted by atomic mass is 9.97. The minimum absolute atomic E-state index is 0.708. The van der Waals surface area contributed by atoms with Crippen LogP contribution in [0.5, 0.6) is 0 Å². The lowest BCUT2D eigenvalue weighted by Crippen LogP contribution is -2.36. The third-order valence-electron chi connectivity index (χ3n) is 3.01. The molecule has 1 aliphatic heterocycles. The second-order valence-corrected chi connectivity index (χ2v) is 3.80. The number of benzene rings is 1. The number of hydrogen-bond donors (Lipinski definition) is 0. The van der Waals surface area contributed by atoms with Crippen LogP contribution in [0.4, 0.5) is 5.69 Å². The van der Waals surface area contributed by atoms with E-state index in [9.17, 15) is 0 Å². The topological polar surface area (TPSA) is 3.24 Å². The molecule has 1 nitrogen and oxygen atoms in total. The zero-order chi connectivity index (χ0) is 13.3. The van der Waals surface area contributed by atoms with Gasteiger partial charge < -0.3 is 4.90 Å². The summed E-state index contributed by atoms with van der Waals surface area (Å²) >= 11 is 0. The van der Waals surface area contributed by atoms with Crippen LogP contribution in [0.15, 0.2) is 24.3 Å². The van der Waals surface area contributed by atoms with Crippen molar-refractivity contribution in [2.45, 2.75) is 60.4 Å². The molecule has 0 bridgehead atoms.